The molecule has 0 aliphatic rings. The van der Waals surface area contributed by atoms with Gasteiger partial charge in [-0.3, -0.25) is 0 Å². The lowest BCUT2D eigenvalue weighted by Crippen LogP contribution is -2.08. The van der Waals surface area contributed by atoms with Crippen LogP contribution < -0.4 is 20.1 Å². The summed E-state index contributed by atoms with van der Waals surface area (Å²) in [7, 11) is 3.21. The summed E-state index contributed by atoms with van der Waals surface area (Å²) in [5.74, 6) is 3.04. The van der Waals surface area contributed by atoms with Crippen molar-refractivity contribution in [2.24, 2.45) is 0 Å². The largest absolute Gasteiger partial charge is 0.493 e. The molecule has 0 bridgehead atoms. The monoisotopic (exact) mass is 382 g/mol. The fraction of sp³-hybridized carbons (Fsp3) is 0.238. The number of aryl methyl sites for hydroxylation is 1. The number of aromatic nitrogens is 2. The maximum atomic E-state index is 13.8. The number of anilines is 2. The van der Waals surface area contributed by atoms with Gasteiger partial charge in [-0.1, -0.05) is 24.3 Å². The Kier molecular flexibility index (Phi) is 6.26. The van der Waals surface area contributed by atoms with E-state index in [1.54, 1.807) is 38.5 Å². The number of benzene rings is 2. The van der Waals surface area contributed by atoms with Crippen molar-refractivity contribution in [1.82, 2.24) is 9.97 Å². The van der Waals surface area contributed by atoms with E-state index in [1.165, 1.54) is 6.07 Å². The van der Waals surface area contributed by atoms with Gasteiger partial charge in [0.15, 0.2) is 11.5 Å². The highest BCUT2D eigenvalue weighted by Gasteiger charge is 2.07. The van der Waals surface area contributed by atoms with E-state index >= 15 is 0 Å². The zero-order valence-corrected chi connectivity index (χ0v) is 16.1. The standard InChI is InChI=1S/C21H23FN4O2/c1-14-25-20(23-12-15-8-9-18(27-2)19(10-15)28-3)11-21(26-14)24-13-16-6-4-5-7-17(16)22/h4-11H,12-13H2,1-3H3,(H2,23,24,25,26). The molecule has 0 aliphatic heterocycles. The lowest BCUT2D eigenvalue weighted by Gasteiger charge is -2.12. The van der Waals surface area contributed by atoms with Crippen molar-refractivity contribution < 1.29 is 13.9 Å². The average molecular weight is 382 g/mol. The summed E-state index contributed by atoms with van der Waals surface area (Å²) in [5.41, 5.74) is 1.60. The van der Waals surface area contributed by atoms with Gasteiger partial charge in [0.2, 0.25) is 0 Å². The molecule has 0 radical (unpaired) electrons. The van der Waals surface area contributed by atoms with E-state index in [0.29, 0.717) is 47.6 Å². The van der Waals surface area contributed by atoms with Crippen LogP contribution in [0.2, 0.25) is 0 Å². The topological polar surface area (TPSA) is 68.3 Å². The van der Waals surface area contributed by atoms with Crippen molar-refractivity contribution in [3.8, 4) is 11.5 Å². The first-order valence-corrected chi connectivity index (χ1v) is 8.87. The molecular weight excluding hydrogens is 359 g/mol. The molecule has 3 aromatic rings. The molecule has 0 spiro atoms. The molecule has 0 fully saturated rings. The minimum atomic E-state index is -0.243. The summed E-state index contributed by atoms with van der Waals surface area (Å²) in [6.45, 7) is 2.72. The number of ether oxygens (including phenoxy) is 2. The molecule has 2 aromatic carbocycles. The first-order chi connectivity index (χ1) is 13.6. The molecule has 0 saturated heterocycles. The van der Waals surface area contributed by atoms with E-state index in [4.69, 9.17) is 9.47 Å². The van der Waals surface area contributed by atoms with Gasteiger partial charge in [0, 0.05) is 24.7 Å². The molecule has 0 amide bonds. The molecule has 6 nitrogen and oxygen atoms in total. The third kappa shape index (κ3) is 4.88. The number of hydrogen-bond donors (Lipinski definition) is 2. The Balaban J connectivity index is 1.67. The SMILES string of the molecule is COc1ccc(CNc2cc(NCc3ccccc3F)nc(C)n2)cc1OC. The normalized spacial score (nSPS) is 10.4. The summed E-state index contributed by atoms with van der Waals surface area (Å²) >= 11 is 0. The molecule has 146 valence electrons. The average Bonchev–Trinajstić information content (AvgIpc) is 2.71. The van der Waals surface area contributed by atoms with Crippen LogP contribution in [0.3, 0.4) is 0 Å². The quantitative estimate of drug-likeness (QED) is 0.610. The second-order valence-corrected chi connectivity index (χ2v) is 6.17. The van der Waals surface area contributed by atoms with Crippen LogP contribution in [0.15, 0.2) is 48.5 Å². The van der Waals surface area contributed by atoms with E-state index in [9.17, 15) is 4.39 Å². The predicted molar refractivity (Wildman–Crippen MR) is 107 cm³/mol. The Labute approximate surface area is 163 Å². The summed E-state index contributed by atoms with van der Waals surface area (Å²) in [6.07, 6.45) is 0. The zero-order chi connectivity index (χ0) is 19.9. The van der Waals surface area contributed by atoms with Gasteiger partial charge in [0.1, 0.15) is 23.3 Å². The highest BCUT2D eigenvalue weighted by molar-refractivity contribution is 5.49. The summed E-state index contributed by atoms with van der Waals surface area (Å²) in [5, 5.41) is 6.43. The molecule has 0 unspecified atom stereocenters. The van der Waals surface area contributed by atoms with Crippen molar-refractivity contribution in [2.45, 2.75) is 20.0 Å². The molecule has 28 heavy (non-hydrogen) atoms. The maximum absolute atomic E-state index is 13.8. The predicted octanol–water partition coefficient (Wildman–Crippen LogP) is 4.17. The number of halogens is 1. The molecule has 7 heteroatoms. The van der Waals surface area contributed by atoms with E-state index in [0.717, 1.165) is 5.56 Å². The first-order valence-electron chi connectivity index (χ1n) is 8.87. The number of nitrogens with one attached hydrogen (secondary N) is 2. The minimum absolute atomic E-state index is 0.243. The molecule has 1 heterocycles. The highest BCUT2D eigenvalue weighted by atomic mass is 19.1. The van der Waals surface area contributed by atoms with Crippen LogP contribution in [0.5, 0.6) is 11.5 Å². The molecule has 2 N–H and O–H groups in total. The second kappa shape index (κ2) is 9.03. The molecule has 0 aliphatic carbocycles. The second-order valence-electron chi connectivity index (χ2n) is 6.17. The van der Waals surface area contributed by atoms with Gasteiger partial charge >= 0.3 is 0 Å². The van der Waals surface area contributed by atoms with Crippen molar-refractivity contribution in [2.75, 3.05) is 24.9 Å². The highest BCUT2D eigenvalue weighted by Crippen LogP contribution is 2.27. The van der Waals surface area contributed by atoms with Crippen LogP contribution in [0.4, 0.5) is 16.0 Å². The van der Waals surface area contributed by atoms with Crippen molar-refractivity contribution in [1.29, 1.82) is 0 Å². The maximum Gasteiger partial charge on any atom is 0.161 e. The Morgan fingerprint density at radius 3 is 2.21 bits per heavy atom. The van der Waals surface area contributed by atoms with Crippen LogP contribution in [0.25, 0.3) is 0 Å². The van der Waals surface area contributed by atoms with Gasteiger partial charge in [-0.25, -0.2) is 14.4 Å². The van der Waals surface area contributed by atoms with Gasteiger partial charge in [0.05, 0.1) is 14.2 Å². The van der Waals surface area contributed by atoms with Crippen LogP contribution in [-0.4, -0.2) is 24.2 Å². The van der Waals surface area contributed by atoms with Crippen LogP contribution >= 0.6 is 0 Å². The fourth-order valence-corrected chi connectivity index (χ4v) is 2.76. The third-order valence-electron chi connectivity index (χ3n) is 4.18. The van der Waals surface area contributed by atoms with Crippen molar-refractivity contribution >= 4 is 11.6 Å². The number of hydrogen-bond acceptors (Lipinski definition) is 6. The van der Waals surface area contributed by atoms with Crippen molar-refractivity contribution in [3.63, 3.8) is 0 Å². The van der Waals surface area contributed by atoms with E-state index in [-0.39, 0.29) is 5.82 Å². The van der Waals surface area contributed by atoms with Crippen LogP contribution in [-0.2, 0) is 13.1 Å². The number of methoxy groups -OCH3 is 2. The third-order valence-corrected chi connectivity index (χ3v) is 4.18. The smallest absolute Gasteiger partial charge is 0.161 e. The molecule has 0 saturated carbocycles. The molecular formula is C21H23FN4O2. The summed E-state index contributed by atoms with van der Waals surface area (Å²) in [6, 6.07) is 14.2. The van der Waals surface area contributed by atoms with Gasteiger partial charge in [0.25, 0.3) is 0 Å². The Bertz CT molecular complexity index is 949. The van der Waals surface area contributed by atoms with E-state index < -0.39 is 0 Å². The van der Waals surface area contributed by atoms with Gasteiger partial charge in [-0.05, 0) is 30.7 Å². The summed E-state index contributed by atoms with van der Waals surface area (Å²) < 4.78 is 24.4. The minimum Gasteiger partial charge on any atom is -0.493 e. The Morgan fingerprint density at radius 1 is 0.857 bits per heavy atom. The van der Waals surface area contributed by atoms with Crippen molar-refractivity contribution in [3.05, 3.63) is 71.3 Å². The van der Waals surface area contributed by atoms with E-state index in [2.05, 4.69) is 20.6 Å². The number of nitrogens with zero attached hydrogens (tertiary/aromatic N) is 2. The Morgan fingerprint density at radius 2 is 1.54 bits per heavy atom. The lowest BCUT2D eigenvalue weighted by molar-refractivity contribution is 0.354. The molecule has 0 atom stereocenters. The van der Waals surface area contributed by atoms with Crippen LogP contribution in [0.1, 0.15) is 17.0 Å². The fourth-order valence-electron chi connectivity index (χ4n) is 2.76. The first kappa shape index (κ1) is 19.4. The van der Waals surface area contributed by atoms with Gasteiger partial charge in [-0.15, -0.1) is 0 Å². The Hall–Kier alpha value is -3.35. The van der Waals surface area contributed by atoms with Gasteiger partial charge in [-0.2, -0.15) is 0 Å². The van der Waals surface area contributed by atoms with Crippen LogP contribution in [0, 0.1) is 12.7 Å². The van der Waals surface area contributed by atoms with E-state index in [1.807, 2.05) is 25.1 Å². The lowest BCUT2D eigenvalue weighted by atomic mass is 10.2. The summed E-state index contributed by atoms with van der Waals surface area (Å²) in [4.78, 5) is 8.77. The molecule has 1 aromatic heterocycles. The zero-order valence-electron chi connectivity index (χ0n) is 16.1. The van der Waals surface area contributed by atoms with Gasteiger partial charge < -0.3 is 20.1 Å². The molecule has 3 rings (SSSR count). The number of rotatable bonds is 8.